The van der Waals surface area contributed by atoms with Gasteiger partial charge in [-0.25, -0.2) is 0 Å². The molecule has 2 fully saturated rings. The third-order valence-corrected chi connectivity index (χ3v) is 11.9. The zero-order chi connectivity index (χ0) is 45.7. The van der Waals surface area contributed by atoms with Gasteiger partial charge in [0.25, 0.3) is 0 Å². The normalized spacial score (nSPS) is 37.8. The van der Waals surface area contributed by atoms with Gasteiger partial charge in [0, 0.05) is 38.8 Å². The molecule has 4 rings (SSSR count). The number of esters is 2. The molecule has 15 atom stereocenters. The minimum atomic E-state index is -1.48. The van der Waals surface area contributed by atoms with E-state index in [1.54, 1.807) is 58.8 Å². The Balaban J connectivity index is 1.63. The van der Waals surface area contributed by atoms with Crippen molar-refractivity contribution in [3.63, 3.8) is 0 Å². The van der Waals surface area contributed by atoms with E-state index in [4.69, 9.17) is 33.2 Å². The largest absolute Gasteiger partial charge is 0.462 e. The zero-order valence-electron chi connectivity index (χ0n) is 38.4. The average molecular weight is 875 g/mol. The van der Waals surface area contributed by atoms with Gasteiger partial charge in [-0.1, -0.05) is 69.3 Å². The maximum absolute atomic E-state index is 13.5. The van der Waals surface area contributed by atoms with Crippen molar-refractivity contribution >= 4 is 17.7 Å². The van der Waals surface area contributed by atoms with Crippen molar-refractivity contribution in [2.24, 2.45) is 17.8 Å². The summed E-state index contributed by atoms with van der Waals surface area (Å²) in [5, 5.41) is 38.9. The van der Waals surface area contributed by atoms with Crippen molar-refractivity contribution in [2.75, 3.05) is 27.7 Å². The summed E-state index contributed by atoms with van der Waals surface area (Å²) in [5.41, 5.74) is -0.384. The smallest absolute Gasteiger partial charge is 0.308 e. The number of aliphatic hydroxyl groups is 3. The number of carbonyl (C=O) groups excluding carboxylic acids is 3. The molecule has 0 radical (unpaired) electrons. The molecule has 3 aliphatic heterocycles. The Hall–Kier alpha value is -3.09. The van der Waals surface area contributed by atoms with E-state index in [0.29, 0.717) is 32.4 Å². The predicted molar refractivity (Wildman–Crippen MR) is 231 cm³/mol. The molecule has 2 saturated heterocycles. The van der Waals surface area contributed by atoms with Crippen LogP contribution in [0.2, 0.25) is 0 Å². The molecule has 0 aromatic heterocycles. The Morgan fingerprint density at radius 2 is 1.69 bits per heavy atom. The van der Waals surface area contributed by atoms with Crippen LogP contribution in [0.4, 0.5) is 0 Å². The molecule has 3 heterocycles. The molecule has 62 heavy (non-hydrogen) atoms. The van der Waals surface area contributed by atoms with Crippen LogP contribution in [0.1, 0.15) is 92.6 Å². The number of hydrogen-bond donors (Lipinski definition) is 4. The number of likely N-dealkylation sites (N-methyl/N-ethyl adjacent to an activating group) is 1. The summed E-state index contributed by atoms with van der Waals surface area (Å²) in [5.74, 6) is -1.96. The number of hydrogen-bond acceptors (Lipinski definition) is 15. The molecule has 15 heteroatoms. The number of benzene rings is 1. The van der Waals surface area contributed by atoms with Crippen LogP contribution in [-0.4, -0.2) is 145 Å². The summed E-state index contributed by atoms with van der Waals surface area (Å²) in [6.07, 6.45) is -2.85. The van der Waals surface area contributed by atoms with Crippen molar-refractivity contribution in [1.82, 2.24) is 10.2 Å². The second-order valence-corrected chi connectivity index (χ2v) is 18.2. The molecule has 4 N–H and O–H groups in total. The molecular formula is C47H74N2O13. The average Bonchev–Trinajstić information content (AvgIpc) is 3.18. The fraction of sp³-hybridized carbons (Fsp3) is 0.723. The molecule has 0 saturated carbocycles. The minimum Gasteiger partial charge on any atom is -0.462 e. The van der Waals surface area contributed by atoms with Crippen LogP contribution in [0.25, 0.3) is 0 Å². The van der Waals surface area contributed by atoms with Crippen LogP contribution >= 0.6 is 0 Å². The van der Waals surface area contributed by atoms with Crippen molar-refractivity contribution in [2.45, 2.75) is 173 Å². The van der Waals surface area contributed by atoms with Crippen LogP contribution in [0, 0.1) is 17.8 Å². The molecule has 0 aliphatic carbocycles. The van der Waals surface area contributed by atoms with Gasteiger partial charge in [-0.05, 0) is 84.7 Å². The number of cyclic esters (lactones) is 1. The van der Waals surface area contributed by atoms with E-state index >= 15 is 0 Å². The van der Waals surface area contributed by atoms with Gasteiger partial charge in [-0.15, -0.1) is 0 Å². The molecule has 0 bridgehead atoms. The fourth-order valence-corrected chi connectivity index (χ4v) is 8.72. The van der Waals surface area contributed by atoms with E-state index in [1.807, 2.05) is 57.2 Å². The summed E-state index contributed by atoms with van der Waals surface area (Å²) in [4.78, 5) is 41.0. The lowest BCUT2D eigenvalue weighted by molar-refractivity contribution is -0.344. The number of nitrogens with zero attached hydrogens (tertiary/aromatic N) is 1. The maximum Gasteiger partial charge on any atom is 0.308 e. The Labute approximate surface area is 368 Å². The third-order valence-electron chi connectivity index (χ3n) is 11.9. The topological polar surface area (TPSA) is 192 Å². The molecule has 350 valence electrons. The van der Waals surface area contributed by atoms with Gasteiger partial charge < -0.3 is 58.7 Å². The van der Waals surface area contributed by atoms with E-state index in [0.717, 1.165) is 5.56 Å². The van der Waals surface area contributed by atoms with Crippen molar-refractivity contribution in [1.29, 1.82) is 0 Å². The lowest BCUT2D eigenvalue weighted by Gasteiger charge is -2.50. The molecule has 1 aromatic carbocycles. The van der Waals surface area contributed by atoms with E-state index < -0.39 is 103 Å². The first kappa shape index (κ1) is 51.5. The highest BCUT2D eigenvalue weighted by Gasteiger charge is 2.52. The van der Waals surface area contributed by atoms with Crippen LogP contribution in [0.5, 0.6) is 0 Å². The molecule has 0 spiro atoms. The Bertz CT molecular complexity index is 1600. The summed E-state index contributed by atoms with van der Waals surface area (Å²) in [6.45, 7) is 13.6. The Morgan fingerprint density at radius 1 is 0.984 bits per heavy atom. The van der Waals surface area contributed by atoms with Gasteiger partial charge in [0.15, 0.2) is 24.5 Å². The van der Waals surface area contributed by atoms with Gasteiger partial charge in [0.05, 0.1) is 36.9 Å². The van der Waals surface area contributed by atoms with Crippen LogP contribution in [0.3, 0.4) is 0 Å². The van der Waals surface area contributed by atoms with Gasteiger partial charge in [-0.3, -0.25) is 14.4 Å². The molecule has 0 unspecified atom stereocenters. The van der Waals surface area contributed by atoms with Gasteiger partial charge in [0.2, 0.25) is 0 Å². The first-order chi connectivity index (χ1) is 29.3. The molecule has 0 amide bonds. The van der Waals surface area contributed by atoms with Crippen molar-refractivity contribution < 1.29 is 62.9 Å². The van der Waals surface area contributed by atoms with E-state index in [9.17, 15) is 29.7 Å². The quantitative estimate of drug-likeness (QED) is 0.153. The lowest BCUT2D eigenvalue weighted by Crippen LogP contribution is -2.66. The van der Waals surface area contributed by atoms with E-state index in [2.05, 4.69) is 5.32 Å². The van der Waals surface area contributed by atoms with Gasteiger partial charge >= 0.3 is 11.9 Å². The molecule has 15 nitrogen and oxygen atoms in total. The van der Waals surface area contributed by atoms with Crippen LogP contribution < -0.4 is 5.32 Å². The molecule has 3 aliphatic rings. The first-order valence-electron chi connectivity index (χ1n) is 22.2. The van der Waals surface area contributed by atoms with Crippen LogP contribution in [0.15, 0.2) is 54.6 Å². The monoisotopic (exact) mass is 875 g/mol. The minimum absolute atomic E-state index is 0.0184. The van der Waals surface area contributed by atoms with Crippen molar-refractivity contribution in [3.05, 3.63) is 60.2 Å². The summed E-state index contributed by atoms with van der Waals surface area (Å²) in [6, 6.07) is 9.21. The van der Waals surface area contributed by atoms with Crippen LogP contribution in [-0.2, 0) is 54.1 Å². The lowest BCUT2D eigenvalue weighted by atomic mass is 9.82. The number of ketones is 1. The highest BCUT2D eigenvalue weighted by atomic mass is 16.7. The Kier molecular flexibility index (Phi) is 20.2. The Morgan fingerprint density at radius 3 is 2.34 bits per heavy atom. The van der Waals surface area contributed by atoms with Crippen molar-refractivity contribution in [3.8, 4) is 0 Å². The molecular weight excluding hydrogens is 801 g/mol. The third kappa shape index (κ3) is 15.0. The number of methoxy groups -OCH3 is 1. The second kappa shape index (κ2) is 24.3. The number of rotatable bonds is 14. The molecule has 1 aromatic rings. The number of allylic oxidation sites excluding steroid dienone is 3. The summed E-state index contributed by atoms with van der Waals surface area (Å²) in [7, 11) is 5.01. The number of nitrogens with one attached hydrogen (secondary N) is 1. The van der Waals surface area contributed by atoms with Gasteiger partial charge in [0.1, 0.15) is 30.0 Å². The predicted octanol–water partition coefficient (Wildman–Crippen LogP) is 4.24. The fourth-order valence-electron chi connectivity index (χ4n) is 8.72. The van der Waals surface area contributed by atoms with E-state index in [1.165, 1.54) is 13.2 Å². The summed E-state index contributed by atoms with van der Waals surface area (Å²) >= 11 is 0. The number of aliphatic hydroxyl groups excluding tert-OH is 2. The van der Waals surface area contributed by atoms with Gasteiger partial charge in [-0.2, -0.15) is 0 Å². The first-order valence-corrected chi connectivity index (χ1v) is 22.2. The second-order valence-electron chi connectivity index (χ2n) is 18.2. The number of carbonyl (C=O) groups is 3. The summed E-state index contributed by atoms with van der Waals surface area (Å²) < 4.78 is 43.3. The van der Waals surface area contributed by atoms with E-state index in [-0.39, 0.29) is 31.0 Å². The SMILES string of the molecule is CO[C@@H]1[C@@H](O[C@@H]2O[C@H](C)[C@@H](O[C@H]3C[C@@](C)(O)[C@@H](OC(=O)CC(C)C)[C@H](C)O3)[C@H](N(C)C)[C@H]2O)[C@@H](CCNCc2ccccc2)C[C@@H](C)C(=O)/C=C\C=C/C[C@@H](C)OC(=O)C[C@@H]1O. The highest BCUT2D eigenvalue weighted by molar-refractivity contribution is 5.91. The standard InChI is InChI=1S/C47H74N2O13/c1-28(2)23-37(52)60-45-32(6)58-39(26-47(45,7)55)61-42-31(5)59-46(41(54)40(42)49(8)9)62-43-34(21-22-48-27-33-18-14-12-15-19-33)24-29(3)35(50)20-16-11-13-17-30(4)57-38(53)25-36(51)44(43)56-10/h11-16,18-20,28-32,34,36,39-46,48,51,54-55H,17,21-27H2,1-10H3/b13-11-,20-16-/t29-,30-,31-,32+,34+,36+,39+,40-,41-,42-,43+,44+,45+,46+,47-/m1/s1. The maximum atomic E-state index is 13.5. The number of ether oxygens (including phenoxy) is 7. The zero-order valence-corrected chi connectivity index (χ0v) is 38.4. The highest BCUT2D eigenvalue weighted by Crippen LogP contribution is 2.37.